The summed E-state index contributed by atoms with van der Waals surface area (Å²) in [7, 11) is 1.57. The fourth-order valence-electron chi connectivity index (χ4n) is 1.31. The Hall–Kier alpha value is -1.10. The van der Waals surface area contributed by atoms with E-state index in [1.54, 1.807) is 7.05 Å². The van der Waals surface area contributed by atoms with E-state index in [2.05, 4.69) is 5.32 Å². The number of alkyl halides is 4. The summed E-state index contributed by atoms with van der Waals surface area (Å²) in [5.41, 5.74) is -0.431. The van der Waals surface area contributed by atoms with Gasteiger partial charge in [0, 0.05) is 12.1 Å². The van der Waals surface area contributed by atoms with Gasteiger partial charge in [-0.05, 0) is 12.6 Å². The quantitative estimate of drug-likeness (QED) is 0.771. The molecule has 1 aromatic rings. The predicted octanol–water partition coefficient (Wildman–Crippen LogP) is 2.76. The molecule has 0 aliphatic carbocycles. The third kappa shape index (κ3) is 2.47. The number of nitrogens with one attached hydrogen (secondary N) is 1. The van der Waals surface area contributed by atoms with E-state index in [1.807, 2.05) is 0 Å². The van der Waals surface area contributed by atoms with Crippen LogP contribution in [-0.2, 0) is 12.5 Å². The molecule has 0 saturated carbocycles. The largest absolute Gasteiger partial charge is 0.332 e. The number of hydrogen-bond acceptors (Lipinski definition) is 1. The van der Waals surface area contributed by atoms with Crippen LogP contribution in [0.15, 0.2) is 24.3 Å². The number of halogens is 4. The van der Waals surface area contributed by atoms with Gasteiger partial charge in [-0.15, -0.1) is 0 Å². The first kappa shape index (κ1) is 12.0. The molecule has 1 N–H and O–H groups in total. The van der Waals surface area contributed by atoms with E-state index in [0.717, 1.165) is 6.07 Å². The molecule has 0 aliphatic heterocycles. The van der Waals surface area contributed by atoms with Gasteiger partial charge in [-0.1, -0.05) is 24.3 Å². The molecular weight excluding hydrogens is 210 g/mol. The second-order valence-corrected chi connectivity index (χ2v) is 3.11. The van der Waals surface area contributed by atoms with Crippen LogP contribution < -0.4 is 5.32 Å². The molecule has 0 bridgehead atoms. The Morgan fingerprint density at radius 1 is 1.27 bits per heavy atom. The van der Waals surface area contributed by atoms with Gasteiger partial charge >= 0.3 is 12.3 Å². The van der Waals surface area contributed by atoms with Gasteiger partial charge in [0.05, 0.1) is 0 Å². The Balaban J connectivity index is 3.12. The summed E-state index contributed by atoms with van der Waals surface area (Å²) in [6, 6.07) is 5.30. The van der Waals surface area contributed by atoms with Gasteiger partial charge in [0.15, 0.2) is 0 Å². The van der Waals surface area contributed by atoms with Crippen molar-refractivity contribution in [2.45, 2.75) is 18.9 Å². The van der Waals surface area contributed by atoms with Crippen molar-refractivity contribution >= 4 is 0 Å². The molecule has 84 valence electrons. The minimum absolute atomic E-state index is 0.137. The van der Waals surface area contributed by atoms with Crippen molar-refractivity contribution in [1.82, 2.24) is 5.32 Å². The van der Waals surface area contributed by atoms with Crippen LogP contribution in [0, 0.1) is 0 Å². The summed E-state index contributed by atoms with van der Waals surface area (Å²) in [4.78, 5) is 0. The SMILES string of the molecule is CNCc1ccccc1C(F)(F)C(F)F. The molecule has 0 radical (unpaired) electrons. The Labute approximate surface area is 85.1 Å². The van der Waals surface area contributed by atoms with Crippen LogP contribution in [-0.4, -0.2) is 13.5 Å². The average molecular weight is 221 g/mol. The van der Waals surface area contributed by atoms with Crippen molar-refractivity contribution < 1.29 is 17.6 Å². The Morgan fingerprint density at radius 2 is 1.87 bits per heavy atom. The molecule has 0 amide bonds. The number of benzene rings is 1. The van der Waals surface area contributed by atoms with Crippen molar-refractivity contribution in [2.24, 2.45) is 0 Å². The topological polar surface area (TPSA) is 12.0 Å². The lowest BCUT2D eigenvalue weighted by atomic mass is 10.0. The summed E-state index contributed by atoms with van der Waals surface area (Å²) in [5, 5.41) is 2.66. The Morgan fingerprint density at radius 3 is 2.40 bits per heavy atom. The molecule has 1 aromatic carbocycles. The lowest BCUT2D eigenvalue weighted by Crippen LogP contribution is -2.26. The predicted molar refractivity (Wildman–Crippen MR) is 49.1 cm³/mol. The minimum atomic E-state index is -4.09. The van der Waals surface area contributed by atoms with E-state index in [9.17, 15) is 17.6 Å². The maximum Gasteiger partial charge on any atom is 0.332 e. The van der Waals surface area contributed by atoms with Crippen LogP contribution >= 0.6 is 0 Å². The average Bonchev–Trinajstić information content (AvgIpc) is 2.18. The van der Waals surface area contributed by atoms with Gasteiger partial charge in [-0.2, -0.15) is 8.78 Å². The van der Waals surface area contributed by atoms with Gasteiger partial charge in [0.1, 0.15) is 0 Å². The van der Waals surface area contributed by atoms with Crippen molar-refractivity contribution in [1.29, 1.82) is 0 Å². The van der Waals surface area contributed by atoms with Crippen molar-refractivity contribution in [3.05, 3.63) is 35.4 Å². The molecule has 0 spiro atoms. The Kier molecular flexibility index (Phi) is 3.68. The van der Waals surface area contributed by atoms with Gasteiger partial charge in [-0.3, -0.25) is 0 Å². The van der Waals surface area contributed by atoms with E-state index < -0.39 is 17.9 Å². The first-order chi connectivity index (χ1) is 7.00. The van der Waals surface area contributed by atoms with Crippen LogP contribution in [0.2, 0.25) is 0 Å². The third-order valence-corrected chi connectivity index (χ3v) is 2.02. The van der Waals surface area contributed by atoms with Crippen LogP contribution in [0.3, 0.4) is 0 Å². The molecule has 1 rings (SSSR count). The molecule has 1 nitrogen and oxygen atoms in total. The molecule has 0 saturated heterocycles. The zero-order valence-electron chi connectivity index (χ0n) is 8.11. The zero-order valence-corrected chi connectivity index (χ0v) is 8.11. The molecule has 15 heavy (non-hydrogen) atoms. The minimum Gasteiger partial charge on any atom is -0.316 e. The number of hydrogen-bond donors (Lipinski definition) is 1. The van der Waals surface area contributed by atoms with Crippen LogP contribution in [0.1, 0.15) is 11.1 Å². The first-order valence-corrected chi connectivity index (χ1v) is 4.39. The van der Waals surface area contributed by atoms with E-state index in [4.69, 9.17) is 0 Å². The van der Waals surface area contributed by atoms with Crippen molar-refractivity contribution in [2.75, 3.05) is 7.05 Å². The van der Waals surface area contributed by atoms with Crippen LogP contribution in [0.25, 0.3) is 0 Å². The van der Waals surface area contributed by atoms with Crippen molar-refractivity contribution in [3.63, 3.8) is 0 Å². The molecular formula is C10H11F4N. The standard InChI is InChI=1S/C10H11F4N/c1-15-6-7-4-2-3-5-8(7)10(13,14)9(11)12/h2-5,9,15H,6H2,1H3. The highest BCUT2D eigenvalue weighted by Gasteiger charge is 2.43. The summed E-state index contributed by atoms with van der Waals surface area (Å²) in [6.45, 7) is 0.137. The fraction of sp³-hybridized carbons (Fsp3) is 0.400. The number of rotatable bonds is 4. The van der Waals surface area contributed by atoms with Gasteiger partial charge in [-0.25, -0.2) is 8.78 Å². The highest BCUT2D eigenvalue weighted by molar-refractivity contribution is 5.31. The second-order valence-electron chi connectivity index (χ2n) is 3.11. The van der Waals surface area contributed by atoms with E-state index in [1.165, 1.54) is 18.2 Å². The highest BCUT2D eigenvalue weighted by atomic mass is 19.3. The zero-order chi connectivity index (χ0) is 11.5. The lowest BCUT2D eigenvalue weighted by molar-refractivity contribution is -0.135. The van der Waals surface area contributed by atoms with E-state index in [-0.39, 0.29) is 12.1 Å². The summed E-state index contributed by atoms with van der Waals surface area (Å²) >= 11 is 0. The molecule has 0 fully saturated rings. The second kappa shape index (κ2) is 4.61. The Bertz CT molecular complexity index is 325. The smallest absolute Gasteiger partial charge is 0.316 e. The van der Waals surface area contributed by atoms with Crippen LogP contribution in [0.5, 0.6) is 0 Å². The normalized spacial score (nSPS) is 12.1. The van der Waals surface area contributed by atoms with Crippen LogP contribution in [0.4, 0.5) is 17.6 Å². The fourth-order valence-corrected chi connectivity index (χ4v) is 1.31. The molecule has 0 atom stereocenters. The maximum absolute atomic E-state index is 13.1. The molecule has 5 heteroatoms. The summed E-state index contributed by atoms with van der Waals surface area (Å²) in [5.74, 6) is -4.09. The van der Waals surface area contributed by atoms with Gasteiger partial charge in [0.2, 0.25) is 0 Å². The first-order valence-electron chi connectivity index (χ1n) is 4.39. The molecule has 0 heterocycles. The maximum atomic E-state index is 13.1. The summed E-state index contributed by atoms with van der Waals surface area (Å²) in [6.07, 6.45) is -3.68. The molecule has 0 aromatic heterocycles. The van der Waals surface area contributed by atoms with Gasteiger partial charge in [0.25, 0.3) is 0 Å². The summed E-state index contributed by atoms with van der Waals surface area (Å²) < 4.78 is 50.5. The third-order valence-electron chi connectivity index (χ3n) is 2.02. The van der Waals surface area contributed by atoms with E-state index >= 15 is 0 Å². The van der Waals surface area contributed by atoms with Crippen molar-refractivity contribution in [3.8, 4) is 0 Å². The molecule has 0 unspecified atom stereocenters. The van der Waals surface area contributed by atoms with Gasteiger partial charge < -0.3 is 5.32 Å². The monoisotopic (exact) mass is 221 g/mol. The highest BCUT2D eigenvalue weighted by Crippen LogP contribution is 2.36. The lowest BCUT2D eigenvalue weighted by Gasteiger charge is -2.18. The molecule has 0 aliphatic rings. The van der Waals surface area contributed by atoms with E-state index in [0.29, 0.717) is 0 Å².